The summed E-state index contributed by atoms with van der Waals surface area (Å²) in [5.74, 6) is 7.79. The van der Waals surface area contributed by atoms with Gasteiger partial charge in [0.1, 0.15) is 0 Å². The molecule has 4 fully saturated rings. The molecule has 0 bridgehead atoms. The van der Waals surface area contributed by atoms with E-state index in [1.54, 1.807) is 25.7 Å². The molecule has 8 atom stereocenters. The second kappa shape index (κ2) is 8.23. The van der Waals surface area contributed by atoms with Crippen molar-refractivity contribution in [2.45, 2.75) is 96.8 Å². The van der Waals surface area contributed by atoms with Gasteiger partial charge in [-0.05, 0) is 105 Å². The fraction of sp³-hybridized carbons (Fsp3) is 0.958. The Morgan fingerprint density at radius 3 is 1.58 bits per heavy atom. The van der Waals surface area contributed by atoms with Gasteiger partial charge in [-0.1, -0.05) is 32.6 Å². The van der Waals surface area contributed by atoms with Crippen LogP contribution >= 0.6 is 0 Å². The zero-order valence-corrected chi connectivity index (χ0v) is 16.9. The molecule has 0 aromatic heterocycles. The number of carboxylic acid groups (broad SMARTS) is 1. The molecule has 4 aliphatic carbocycles. The number of carboxylic acids is 1. The zero-order chi connectivity index (χ0) is 18.1. The van der Waals surface area contributed by atoms with Crippen molar-refractivity contribution in [3.8, 4) is 0 Å². The van der Waals surface area contributed by atoms with E-state index in [1.807, 2.05) is 0 Å². The van der Waals surface area contributed by atoms with Gasteiger partial charge in [-0.2, -0.15) is 0 Å². The largest absolute Gasteiger partial charge is 0.481 e. The number of aliphatic carboxylic acids is 1. The van der Waals surface area contributed by atoms with Gasteiger partial charge in [0.2, 0.25) is 0 Å². The second-order valence-corrected chi connectivity index (χ2v) is 10.5. The summed E-state index contributed by atoms with van der Waals surface area (Å²) in [7, 11) is 0. The SMILES string of the molecule is CCCCC[C@H]1C[C@H]1C[C@@H]1C[C@@H]1C[C@@H]1C[C@@H]1C[C@H]1C[C@H]1CCCC(=O)O. The van der Waals surface area contributed by atoms with Crippen molar-refractivity contribution in [2.24, 2.45) is 47.3 Å². The summed E-state index contributed by atoms with van der Waals surface area (Å²) >= 11 is 0. The highest BCUT2D eigenvalue weighted by atomic mass is 16.4. The Bertz CT molecular complexity index is 487. The average molecular weight is 361 g/mol. The van der Waals surface area contributed by atoms with Crippen molar-refractivity contribution in [1.29, 1.82) is 0 Å². The highest BCUT2D eigenvalue weighted by Crippen LogP contribution is 2.60. The van der Waals surface area contributed by atoms with Gasteiger partial charge < -0.3 is 5.11 Å². The van der Waals surface area contributed by atoms with Gasteiger partial charge in [0.15, 0.2) is 0 Å². The minimum atomic E-state index is -0.623. The first kappa shape index (κ1) is 18.8. The number of hydrogen-bond acceptors (Lipinski definition) is 1. The minimum absolute atomic E-state index is 0.374. The fourth-order valence-corrected chi connectivity index (χ4v) is 6.02. The van der Waals surface area contributed by atoms with Crippen molar-refractivity contribution in [3.63, 3.8) is 0 Å². The number of rotatable bonds is 14. The molecule has 26 heavy (non-hydrogen) atoms. The Kier molecular flexibility index (Phi) is 5.96. The maximum absolute atomic E-state index is 10.6. The topological polar surface area (TPSA) is 37.3 Å². The van der Waals surface area contributed by atoms with Gasteiger partial charge in [-0.15, -0.1) is 0 Å². The first-order valence-electron chi connectivity index (χ1n) is 11.9. The summed E-state index contributed by atoms with van der Waals surface area (Å²) in [6.07, 6.45) is 18.9. The molecule has 0 saturated heterocycles. The third kappa shape index (κ3) is 5.49. The Morgan fingerprint density at radius 1 is 0.692 bits per heavy atom. The van der Waals surface area contributed by atoms with Crippen molar-refractivity contribution >= 4 is 5.97 Å². The zero-order valence-electron chi connectivity index (χ0n) is 16.9. The summed E-state index contributed by atoms with van der Waals surface area (Å²) in [6.45, 7) is 2.31. The lowest BCUT2D eigenvalue weighted by atomic mass is 10.0. The monoisotopic (exact) mass is 360 g/mol. The quantitative estimate of drug-likeness (QED) is 0.357. The first-order valence-corrected chi connectivity index (χ1v) is 11.9. The number of hydrogen-bond donors (Lipinski definition) is 1. The molecule has 0 heterocycles. The average Bonchev–Trinajstić information content (AvgIpc) is 3.38. The highest BCUT2D eigenvalue weighted by molar-refractivity contribution is 5.66. The molecule has 0 aromatic rings. The predicted molar refractivity (Wildman–Crippen MR) is 106 cm³/mol. The first-order chi connectivity index (χ1) is 12.6. The summed E-state index contributed by atoms with van der Waals surface area (Å²) in [5, 5.41) is 8.74. The Balaban J connectivity index is 1.01. The molecule has 0 amide bonds. The molecule has 0 spiro atoms. The maximum atomic E-state index is 10.6. The van der Waals surface area contributed by atoms with Crippen LogP contribution in [0, 0.1) is 47.3 Å². The van der Waals surface area contributed by atoms with Gasteiger partial charge in [0, 0.05) is 6.42 Å². The molecule has 4 rings (SSSR count). The molecule has 4 saturated carbocycles. The van der Waals surface area contributed by atoms with Crippen molar-refractivity contribution in [2.75, 3.05) is 0 Å². The van der Waals surface area contributed by atoms with Gasteiger partial charge in [-0.25, -0.2) is 0 Å². The fourth-order valence-electron chi connectivity index (χ4n) is 6.02. The summed E-state index contributed by atoms with van der Waals surface area (Å²) in [5.41, 5.74) is 0. The molecule has 1 N–H and O–H groups in total. The van der Waals surface area contributed by atoms with E-state index in [1.165, 1.54) is 51.4 Å². The molecule has 2 heteroatoms. The molecule has 0 radical (unpaired) electrons. The molecule has 148 valence electrons. The standard InChI is InChI=1S/C24H40O2/c1-2-3-4-6-16-9-18(16)11-20-13-22(20)15-23-14-21(23)12-19-10-17(19)7-5-8-24(25)26/h16-23H,2-15H2,1H3,(H,25,26)/t16-,17+,18-,19+,20+,21-,22+,23-/m0/s1. The highest BCUT2D eigenvalue weighted by Gasteiger charge is 2.50. The number of unbranched alkanes of at least 4 members (excludes halogenated alkanes) is 2. The lowest BCUT2D eigenvalue weighted by molar-refractivity contribution is -0.137. The smallest absolute Gasteiger partial charge is 0.303 e. The van der Waals surface area contributed by atoms with Crippen LogP contribution in [0.4, 0.5) is 0 Å². The molecular formula is C24H40O2. The van der Waals surface area contributed by atoms with Gasteiger partial charge in [0.25, 0.3) is 0 Å². The third-order valence-corrected chi connectivity index (χ3v) is 8.24. The van der Waals surface area contributed by atoms with Crippen LogP contribution in [0.15, 0.2) is 0 Å². The van der Waals surface area contributed by atoms with Crippen LogP contribution in [0.5, 0.6) is 0 Å². The van der Waals surface area contributed by atoms with Crippen LogP contribution < -0.4 is 0 Å². The van der Waals surface area contributed by atoms with Crippen LogP contribution in [0.3, 0.4) is 0 Å². The van der Waals surface area contributed by atoms with E-state index in [-0.39, 0.29) is 0 Å². The Hall–Kier alpha value is -0.530. The van der Waals surface area contributed by atoms with Crippen LogP contribution in [-0.4, -0.2) is 11.1 Å². The molecule has 0 aromatic carbocycles. The normalized spacial score (nSPS) is 42.5. The van der Waals surface area contributed by atoms with Crippen LogP contribution in [0.25, 0.3) is 0 Å². The van der Waals surface area contributed by atoms with E-state index >= 15 is 0 Å². The third-order valence-electron chi connectivity index (χ3n) is 8.24. The van der Waals surface area contributed by atoms with Crippen LogP contribution in [0.2, 0.25) is 0 Å². The minimum Gasteiger partial charge on any atom is -0.481 e. The van der Waals surface area contributed by atoms with E-state index in [0.717, 1.165) is 53.8 Å². The summed E-state index contributed by atoms with van der Waals surface area (Å²) in [6, 6.07) is 0. The van der Waals surface area contributed by atoms with E-state index < -0.39 is 5.97 Å². The predicted octanol–water partition coefficient (Wildman–Crippen LogP) is 6.54. The molecular weight excluding hydrogens is 320 g/mol. The lowest BCUT2D eigenvalue weighted by Gasteiger charge is -2.02. The molecule has 2 nitrogen and oxygen atoms in total. The van der Waals surface area contributed by atoms with Crippen LogP contribution in [-0.2, 0) is 4.79 Å². The van der Waals surface area contributed by atoms with Gasteiger partial charge in [0.05, 0.1) is 0 Å². The Morgan fingerprint density at radius 2 is 1.12 bits per heavy atom. The number of carbonyl (C=O) groups is 1. The van der Waals surface area contributed by atoms with E-state index in [9.17, 15) is 4.79 Å². The van der Waals surface area contributed by atoms with E-state index in [4.69, 9.17) is 5.11 Å². The van der Waals surface area contributed by atoms with Crippen LogP contribution in [0.1, 0.15) is 96.8 Å². The van der Waals surface area contributed by atoms with Crippen molar-refractivity contribution in [1.82, 2.24) is 0 Å². The second-order valence-electron chi connectivity index (χ2n) is 10.5. The molecule has 0 unspecified atom stereocenters. The van der Waals surface area contributed by atoms with Gasteiger partial charge >= 0.3 is 5.97 Å². The lowest BCUT2D eigenvalue weighted by Crippen LogP contribution is -1.95. The Labute approximate surface area is 160 Å². The van der Waals surface area contributed by atoms with Gasteiger partial charge in [-0.3, -0.25) is 4.79 Å². The molecule has 0 aliphatic heterocycles. The van der Waals surface area contributed by atoms with E-state index in [0.29, 0.717) is 6.42 Å². The maximum Gasteiger partial charge on any atom is 0.303 e. The summed E-state index contributed by atoms with van der Waals surface area (Å²) in [4.78, 5) is 10.6. The molecule has 4 aliphatic rings. The van der Waals surface area contributed by atoms with E-state index in [2.05, 4.69) is 6.92 Å². The van der Waals surface area contributed by atoms with Crippen molar-refractivity contribution in [3.05, 3.63) is 0 Å². The summed E-state index contributed by atoms with van der Waals surface area (Å²) < 4.78 is 0. The van der Waals surface area contributed by atoms with Crippen molar-refractivity contribution < 1.29 is 9.90 Å².